The van der Waals surface area contributed by atoms with E-state index in [2.05, 4.69) is 20.5 Å². The molecule has 0 unspecified atom stereocenters. The molecule has 3 rings (SSSR count). The molecule has 0 aliphatic rings. The zero-order chi connectivity index (χ0) is 19.2. The molecule has 0 atom stereocenters. The molecule has 7 nitrogen and oxygen atoms in total. The first-order valence-electron chi connectivity index (χ1n) is 7.85. The van der Waals surface area contributed by atoms with Crippen LogP contribution in [0.2, 0.25) is 5.02 Å². The Labute approximate surface area is 164 Å². The Kier molecular flexibility index (Phi) is 6.10. The van der Waals surface area contributed by atoms with Gasteiger partial charge in [-0.2, -0.15) is 0 Å². The topological polar surface area (TPSA) is 97.0 Å². The number of carbonyl (C=O) groups excluding carboxylic acids is 1. The highest BCUT2D eigenvalue weighted by Gasteiger charge is 2.10. The van der Waals surface area contributed by atoms with Crippen molar-refractivity contribution in [2.45, 2.75) is 5.16 Å². The van der Waals surface area contributed by atoms with Gasteiger partial charge in [0.05, 0.1) is 17.9 Å². The fraction of sp³-hybridized carbons (Fsp3) is 0.111. The number of aromatic amines is 1. The summed E-state index contributed by atoms with van der Waals surface area (Å²) < 4.78 is 5.07. The summed E-state index contributed by atoms with van der Waals surface area (Å²) in [5.74, 6) is 0.310. The van der Waals surface area contributed by atoms with Gasteiger partial charge in [-0.05, 0) is 18.2 Å². The van der Waals surface area contributed by atoms with Crippen molar-refractivity contribution >= 4 is 35.0 Å². The number of carbonyl (C=O) groups is 1. The van der Waals surface area contributed by atoms with Gasteiger partial charge in [-0.15, -0.1) is 10.2 Å². The lowest BCUT2D eigenvalue weighted by Crippen LogP contribution is -2.17. The van der Waals surface area contributed by atoms with Crippen LogP contribution < -0.4 is 15.6 Å². The van der Waals surface area contributed by atoms with E-state index in [-0.39, 0.29) is 28.1 Å². The van der Waals surface area contributed by atoms with E-state index < -0.39 is 0 Å². The molecule has 27 heavy (non-hydrogen) atoms. The van der Waals surface area contributed by atoms with Gasteiger partial charge in [-0.3, -0.25) is 14.6 Å². The van der Waals surface area contributed by atoms with Crippen LogP contribution in [0.15, 0.2) is 58.5 Å². The number of amides is 1. The third kappa shape index (κ3) is 4.87. The number of hydrogen-bond acceptors (Lipinski definition) is 6. The Balaban J connectivity index is 1.61. The predicted molar refractivity (Wildman–Crippen MR) is 105 cm³/mol. The zero-order valence-electron chi connectivity index (χ0n) is 14.2. The highest BCUT2D eigenvalue weighted by Crippen LogP contribution is 2.27. The molecule has 1 amide bonds. The van der Waals surface area contributed by atoms with Crippen molar-refractivity contribution in [1.82, 2.24) is 15.2 Å². The lowest BCUT2D eigenvalue weighted by Gasteiger charge is -2.08. The average molecular weight is 403 g/mol. The summed E-state index contributed by atoms with van der Waals surface area (Å²) in [6, 6.07) is 14.0. The van der Waals surface area contributed by atoms with E-state index >= 15 is 0 Å². The molecule has 0 radical (unpaired) electrons. The Hall–Kier alpha value is -2.84. The summed E-state index contributed by atoms with van der Waals surface area (Å²) in [6.07, 6.45) is 0. The molecular weight excluding hydrogens is 388 g/mol. The van der Waals surface area contributed by atoms with Gasteiger partial charge >= 0.3 is 0 Å². The normalized spacial score (nSPS) is 10.4. The Morgan fingerprint density at radius 1 is 1.22 bits per heavy atom. The van der Waals surface area contributed by atoms with Crippen LogP contribution in [0.3, 0.4) is 0 Å². The minimum Gasteiger partial charge on any atom is -0.495 e. The van der Waals surface area contributed by atoms with Crippen LogP contribution in [-0.4, -0.2) is 34.0 Å². The van der Waals surface area contributed by atoms with E-state index in [0.29, 0.717) is 22.0 Å². The molecule has 0 saturated heterocycles. The second-order valence-corrected chi connectivity index (χ2v) is 6.73. The third-order valence-electron chi connectivity index (χ3n) is 3.50. The van der Waals surface area contributed by atoms with Crippen LogP contribution in [0.25, 0.3) is 11.3 Å². The van der Waals surface area contributed by atoms with Crippen LogP contribution in [0.4, 0.5) is 5.69 Å². The summed E-state index contributed by atoms with van der Waals surface area (Å²) >= 11 is 7.11. The van der Waals surface area contributed by atoms with Crippen molar-refractivity contribution in [3.63, 3.8) is 0 Å². The number of ether oxygens (including phenoxy) is 1. The molecular formula is C18H15ClN4O3S. The number of hydrogen-bond donors (Lipinski definition) is 2. The van der Waals surface area contributed by atoms with Gasteiger partial charge in [0.2, 0.25) is 5.91 Å². The number of nitrogens with one attached hydrogen (secondary N) is 2. The summed E-state index contributed by atoms with van der Waals surface area (Å²) in [5.41, 5.74) is 1.10. The third-order valence-corrected chi connectivity index (χ3v) is 4.66. The average Bonchev–Trinajstić information content (AvgIpc) is 2.67. The van der Waals surface area contributed by atoms with Gasteiger partial charge < -0.3 is 10.1 Å². The fourth-order valence-corrected chi connectivity index (χ4v) is 3.11. The van der Waals surface area contributed by atoms with Crippen LogP contribution in [0.5, 0.6) is 5.75 Å². The van der Waals surface area contributed by atoms with E-state index in [0.717, 1.165) is 11.8 Å². The maximum atomic E-state index is 12.2. The smallest absolute Gasteiger partial charge is 0.278 e. The minimum atomic E-state index is -0.360. The highest BCUT2D eigenvalue weighted by molar-refractivity contribution is 7.99. The fourth-order valence-electron chi connectivity index (χ4n) is 2.25. The predicted octanol–water partition coefficient (Wildman–Crippen LogP) is 3.22. The monoisotopic (exact) mass is 402 g/mol. The van der Waals surface area contributed by atoms with Crippen LogP contribution in [0.1, 0.15) is 0 Å². The van der Waals surface area contributed by atoms with E-state index in [9.17, 15) is 9.59 Å². The molecule has 0 saturated carbocycles. The van der Waals surface area contributed by atoms with Crippen LogP contribution in [0, 0.1) is 0 Å². The van der Waals surface area contributed by atoms with Crippen molar-refractivity contribution < 1.29 is 9.53 Å². The van der Waals surface area contributed by atoms with Gasteiger partial charge in [-0.1, -0.05) is 53.7 Å². The summed E-state index contributed by atoms with van der Waals surface area (Å²) in [4.78, 5) is 26.9. The summed E-state index contributed by atoms with van der Waals surface area (Å²) in [5, 5.41) is 11.3. The number of H-pyrrole nitrogens is 1. The van der Waals surface area contributed by atoms with Gasteiger partial charge in [0.15, 0.2) is 10.9 Å². The Morgan fingerprint density at radius 3 is 2.67 bits per heavy atom. The SMILES string of the molecule is COc1ccc(NC(=O)CSc2nnc(-c3ccccc3)c(=O)[nH]2)cc1Cl. The molecule has 0 bridgehead atoms. The number of thioether (sulfide) groups is 1. The molecule has 1 aromatic heterocycles. The molecule has 3 aromatic rings. The van der Waals surface area contributed by atoms with Crippen molar-refractivity contribution in [2.75, 3.05) is 18.2 Å². The van der Waals surface area contributed by atoms with E-state index in [1.165, 1.54) is 7.11 Å². The maximum Gasteiger partial charge on any atom is 0.278 e. The summed E-state index contributed by atoms with van der Waals surface area (Å²) in [7, 11) is 1.51. The Morgan fingerprint density at radius 2 is 2.00 bits per heavy atom. The van der Waals surface area contributed by atoms with Crippen LogP contribution in [-0.2, 0) is 4.79 Å². The molecule has 2 N–H and O–H groups in total. The molecule has 0 aliphatic heterocycles. The van der Waals surface area contributed by atoms with Crippen molar-refractivity contribution in [2.24, 2.45) is 0 Å². The number of methoxy groups -OCH3 is 1. The minimum absolute atomic E-state index is 0.0545. The first kappa shape index (κ1) is 18.9. The van der Waals surface area contributed by atoms with Crippen molar-refractivity contribution in [3.8, 4) is 17.0 Å². The lowest BCUT2D eigenvalue weighted by molar-refractivity contribution is -0.113. The van der Waals surface area contributed by atoms with E-state index in [1.54, 1.807) is 30.3 Å². The number of anilines is 1. The molecule has 9 heteroatoms. The Bertz CT molecular complexity index is 1010. The maximum absolute atomic E-state index is 12.2. The first-order chi connectivity index (χ1) is 13.1. The molecule has 0 fully saturated rings. The van der Waals surface area contributed by atoms with Crippen molar-refractivity contribution in [3.05, 3.63) is 63.9 Å². The van der Waals surface area contributed by atoms with E-state index in [1.807, 2.05) is 18.2 Å². The second kappa shape index (κ2) is 8.70. The largest absolute Gasteiger partial charge is 0.495 e. The number of benzene rings is 2. The number of aromatic nitrogens is 3. The molecule has 138 valence electrons. The quantitative estimate of drug-likeness (QED) is 0.614. The van der Waals surface area contributed by atoms with Gasteiger partial charge in [0.1, 0.15) is 5.75 Å². The molecule has 0 aliphatic carbocycles. The lowest BCUT2D eigenvalue weighted by atomic mass is 10.2. The van der Waals surface area contributed by atoms with Gasteiger partial charge in [0.25, 0.3) is 5.56 Å². The standard InChI is InChI=1S/C18H15ClN4O3S/c1-26-14-8-7-12(9-13(14)19)20-15(24)10-27-18-21-17(25)16(22-23-18)11-5-3-2-4-6-11/h2-9H,10H2,1H3,(H,20,24)(H,21,23,25). The number of halogens is 1. The van der Waals surface area contributed by atoms with Crippen molar-refractivity contribution in [1.29, 1.82) is 0 Å². The highest BCUT2D eigenvalue weighted by atomic mass is 35.5. The number of rotatable bonds is 6. The number of nitrogens with zero attached hydrogens (tertiary/aromatic N) is 2. The molecule has 0 spiro atoms. The zero-order valence-corrected chi connectivity index (χ0v) is 15.8. The van der Waals surface area contributed by atoms with Gasteiger partial charge in [0, 0.05) is 11.3 Å². The summed E-state index contributed by atoms with van der Waals surface area (Å²) in [6.45, 7) is 0. The van der Waals surface area contributed by atoms with E-state index in [4.69, 9.17) is 16.3 Å². The molecule has 2 aromatic carbocycles. The first-order valence-corrected chi connectivity index (χ1v) is 9.22. The van der Waals surface area contributed by atoms with Crippen LogP contribution >= 0.6 is 23.4 Å². The van der Waals surface area contributed by atoms with Gasteiger partial charge in [-0.25, -0.2) is 0 Å². The second-order valence-electron chi connectivity index (χ2n) is 5.36. The molecule has 1 heterocycles.